The highest BCUT2D eigenvalue weighted by atomic mass is 19.1. The second kappa shape index (κ2) is 7.24. The molecular weight excluding hydrogens is 245 g/mol. The summed E-state index contributed by atoms with van der Waals surface area (Å²) in [4.78, 5) is 13.8. The van der Waals surface area contributed by atoms with Crippen LogP contribution >= 0.6 is 0 Å². The summed E-state index contributed by atoms with van der Waals surface area (Å²) in [5.74, 6) is -0.256. The molecule has 0 fully saturated rings. The van der Waals surface area contributed by atoms with Crippen molar-refractivity contribution in [1.29, 1.82) is 0 Å². The van der Waals surface area contributed by atoms with Crippen LogP contribution in [0, 0.1) is 5.82 Å². The Hall–Kier alpha value is -1.42. The van der Waals surface area contributed by atoms with Crippen LogP contribution in [0.1, 0.15) is 32.8 Å². The number of aliphatic hydroxyl groups is 1. The van der Waals surface area contributed by atoms with Crippen LogP contribution < -0.4 is 0 Å². The Morgan fingerprint density at radius 3 is 2.32 bits per heavy atom. The molecule has 1 aromatic carbocycles. The van der Waals surface area contributed by atoms with Gasteiger partial charge in [-0.15, -0.1) is 0 Å². The summed E-state index contributed by atoms with van der Waals surface area (Å²) in [6.45, 7) is 5.87. The average Bonchev–Trinajstić information content (AvgIpc) is 2.34. The lowest BCUT2D eigenvalue weighted by molar-refractivity contribution is -0.134. The number of aliphatic hydroxyl groups excluding tert-OH is 1. The van der Waals surface area contributed by atoms with Crippen molar-refractivity contribution >= 4 is 5.91 Å². The first-order chi connectivity index (χ1) is 8.90. The number of carbonyl (C=O) groups excluding carboxylic acids is 1. The fraction of sp³-hybridized carbons (Fsp3) is 0.533. The Morgan fingerprint density at radius 1 is 1.26 bits per heavy atom. The van der Waals surface area contributed by atoms with Crippen LogP contribution in [0.25, 0.3) is 0 Å². The van der Waals surface area contributed by atoms with E-state index in [1.807, 2.05) is 13.8 Å². The molecule has 106 valence electrons. The van der Waals surface area contributed by atoms with Gasteiger partial charge in [-0.1, -0.05) is 12.1 Å². The van der Waals surface area contributed by atoms with E-state index in [0.717, 1.165) is 5.56 Å². The van der Waals surface area contributed by atoms with Crippen molar-refractivity contribution in [3.8, 4) is 0 Å². The molecule has 1 rings (SSSR count). The van der Waals surface area contributed by atoms with Crippen LogP contribution in [0.2, 0.25) is 0 Å². The third-order valence-corrected chi connectivity index (χ3v) is 2.95. The Labute approximate surface area is 114 Å². The highest BCUT2D eigenvalue weighted by Gasteiger charge is 2.18. The van der Waals surface area contributed by atoms with Gasteiger partial charge in [0.25, 0.3) is 0 Å². The van der Waals surface area contributed by atoms with E-state index in [4.69, 9.17) is 0 Å². The van der Waals surface area contributed by atoms with Gasteiger partial charge < -0.3 is 10.0 Å². The van der Waals surface area contributed by atoms with Crippen molar-refractivity contribution in [1.82, 2.24) is 4.90 Å². The topological polar surface area (TPSA) is 40.5 Å². The van der Waals surface area contributed by atoms with Crippen molar-refractivity contribution in [2.45, 2.75) is 45.8 Å². The Balaban J connectivity index is 2.54. The molecule has 1 aromatic rings. The Morgan fingerprint density at radius 2 is 1.84 bits per heavy atom. The first-order valence-electron chi connectivity index (χ1n) is 6.62. The van der Waals surface area contributed by atoms with E-state index in [-0.39, 0.29) is 17.8 Å². The molecule has 0 heterocycles. The van der Waals surface area contributed by atoms with Crippen molar-refractivity contribution < 1.29 is 14.3 Å². The smallest absolute Gasteiger partial charge is 0.223 e. The van der Waals surface area contributed by atoms with Gasteiger partial charge in [-0.25, -0.2) is 4.39 Å². The molecular formula is C15H22FNO2. The SMILES string of the molecule is CC(O)CN(C(=O)CCc1ccc(F)cc1)C(C)C. The number of aryl methyl sites for hydroxylation is 1. The Bertz CT molecular complexity index is 401. The number of carbonyl (C=O) groups is 1. The van der Waals surface area contributed by atoms with E-state index >= 15 is 0 Å². The molecule has 0 radical (unpaired) electrons. The van der Waals surface area contributed by atoms with Gasteiger partial charge in [-0.05, 0) is 44.9 Å². The molecule has 0 aliphatic rings. The summed E-state index contributed by atoms with van der Waals surface area (Å²) in [5.41, 5.74) is 0.940. The normalized spacial score (nSPS) is 12.5. The highest BCUT2D eigenvalue weighted by molar-refractivity contribution is 5.76. The van der Waals surface area contributed by atoms with Crippen LogP contribution in [0.4, 0.5) is 4.39 Å². The van der Waals surface area contributed by atoms with Gasteiger partial charge in [0.2, 0.25) is 5.91 Å². The van der Waals surface area contributed by atoms with E-state index in [9.17, 15) is 14.3 Å². The monoisotopic (exact) mass is 267 g/mol. The second-order valence-electron chi connectivity index (χ2n) is 5.12. The molecule has 4 heteroatoms. The zero-order valence-corrected chi connectivity index (χ0v) is 11.8. The standard InChI is InChI=1S/C15H22FNO2/c1-11(2)17(10-12(3)18)15(19)9-6-13-4-7-14(16)8-5-13/h4-5,7-8,11-12,18H,6,9-10H2,1-3H3. The molecule has 0 aromatic heterocycles. The quantitative estimate of drug-likeness (QED) is 0.859. The molecule has 0 saturated carbocycles. The zero-order valence-electron chi connectivity index (χ0n) is 11.8. The lowest BCUT2D eigenvalue weighted by Crippen LogP contribution is -2.41. The molecule has 0 saturated heterocycles. The molecule has 0 aliphatic heterocycles. The predicted molar refractivity (Wildman–Crippen MR) is 73.3 cm³/mol. The minimum atomic E-state index is -0.530. The summed E-state index contributed by atoms with van der Waals surface area (Å²) in [6, 6.07) is 6.25. The number of rotatable bonds is 6. The first-order valence-corrected chi connectivity index (χ1v) is 6.62. The minimum absolute atomic E-state index is 0.0141. The summed E-state index contributed by atoms with van der Waals surface area (Å²) in [6.07, 6.45) is 0.427. The van der Waals surface area contributed by atoms with Crippen molar-refractivity contribution in [3.63, 3.8) is 0 Å². The van der Waals surface area contributed by atoms with Gasteiger partial charge in [-0.3, -0.25) is 4.79 Å². The molecule has 0 bridgehead atoms. The molecule has 0 spiro atoms. The number of halogens is 1. The number of amides is 1. The van der Waals surface area contributed by atoms with Gasteiger partial charge >= 0.3 is 0 Å². The van der Waals surface area contributed by atoms with Crippen LogP contribution in [0.3, 0.4) is 0 Å². The molecule has 1 amide bonds. The average molecular weight is 267 g/mol. The van der Waals surface area contributed by atoms with Crippen LogP contribution in [0.5, 0.6) is 0 Å². The summed E-state index contributed by atoms with van der Waals surface area (Å²) >= 11 is 0. The fourth-order valence-electron chi connectivity index (χ4n) is 1.93. The number of benzene rings is 1. The van der Waals surface area contributed by atoms with E-state index in [2.05, 4.69) is 0 Å². The first kappa shape index (κ1) is 15.6. The molecule has 19 heavy (non-hydrogen) atoms. The van der Waals surface area contributed by atoms with Gasteiger partial charge in [0.05, 0.1) is 6.10 Å². The maximum absolute atomic E-state index is 12.8. The third-order valence-electron chi connectivity index (χ3n) is 2.95. The molecule has 1 atom stereocenters. The van der Waals surface area contributed by atoms with E-state index in [1.165, 1.54) is 12.1 Å². The summed E-state index contributed by atoms with van der Waals surface area (Å²) in [7, 11) is 0. The van der Waals surface area contributed by atoms with E-state index in [0.29, 0.717) is 19.4 Å². The number of hydrogen-bond acceptors (Lipinski definition) is 2. The van der Waals surface area contributed by atoms with Gasteiger partial charge in [0.1, 0.15) is 5.82 Å². The number of nitrogens with zero attached hydrogens (tertiary/aromatic N) is 1. The Kier molecular flexibility index (Phi) is 5.96. The van der Waals surface area contributed by atoms with Crippen LogP contribution in [0.15, 0.2) is 24.3 Å². The minimum Gasteiger partial charge on any atom is -0.392 e. The predicted octanol–water partition coefficient (Wildman–Crippen LogP) is 2.38. The van der Waals surface area contributed by atoms with Crippen molar-refractivity contribution in [2.24, 2.45) is 0 Å². The third kappa shape index (κ3) is 5.39. The van der Waals surface area contributed by atoms with E-state index < -0.39 is 6.10 Å². The lowest BCUT2D eigenvalue weighted by atomic mass is 10.1. The van der Waals surface area contributed by atoms with Gasteiger partial charge in [0, 0.05) is 19.0 Å². The number of hydrogen-bond donors (Lipinski definition) is 1. The maximum atomic E-state index is 12.8. The molecule has 1 N–H and O–H groups in total. The second-order valence-corrected chi connectivity index (χ2v) is 5.12. The molecule has 0 aliphatic carbocycles. The molecule has 3 nitrogen and oxygen atoms in total. The van der Waals surface area contributed by atoms with Gasteiger partial charge in [0.15, 0.2) is 0 Å². The summed E-state index contributed by atoms with van der Waals surface area (Å²) < 4.78 is 12.8. The maximum Gasteiger partial charge on any atom is 0.223 e. The fourth-order valence-corrected chi connectivity index (χ4v) is 1.93. The van der Waals surface area contributed by atoms with E-state index in [1.54, 1.807) is 24.0 Å². The van der Waals surface area contributed by atoms with Crippen LogP contribution in [-0.2, 0) is 11.2 Å². The van der Waals surface area contributed by atoms with Crippen LogP contribution in [-0.4, -0.2) is 34.6 Å². The largest absolute Gasteiger partial charge is 0.392 e. The highest BCUT2D eigenvalue weighted by Crippen LogP contribution is 2.09. The summed E-state index contributed by atoms with van der Waals surface area (Å²) in [5, 5.41) is 9.40. The zero-order chi connectivity index (χ0) is 14.4. The lowest BCUT2D eigenvalue weighted by Gasteiger charge is -2.28. The van der Waals surface area contributed by atoms with Gasteiger partial charge in [-0.2, -0.15) is 0 Å². The van der Waals surface area contributed by atoms with Crippen molar-refractivity contribution in [3.05, 3.63) is 35.6 Å². The van der Waals surface area contributed by atoms with Crippen molar-refractivity contribution in [2.75, 3.05) is 6.54 Å². The molecule has 1 unspecified atom stereocenters.